The smallest absolute Gasteiger partial charge is 0.164 e. The Labute approximate surface area is 107 Å². The van der Waals surface area contributed by atoms with Crippen LogP contribution in [0, 0.1) is 0 Å². The van der Waals surface area contributed by atoms with Crippen LogP contribution in [0.3, 0.4) is 0 Å². The molecule has 0 amide bonds. The van der Waals surface area contributed by atoms with E-state index in [0.29, 0.717) is 35.3 Å². The Morgan fingerprint density at radius 2 is 2.18 bits per heavy atom. The van der Waals surface area contributed by atoms with E-state index >= 15 is 0 Å². The average Bonchev–Trinajstić information content (AvgIpc) is 2.29. The topological polar surface area (TPSA) is 38.3 Å². The Hall–Kier alpha value is -1.06. The standard InChI is InChI=1S/C13H18ClNO2/c1-9(2)15-7-6-12(16)10-4-5-11(14)13(8-10)17-3/h4-5,8-9,15H,6-7H2,1-3H3. The van der Waals surface area contributed by atoms with E-state index in [1.807, 2.05) is 0 Å². The normalized spacial score (nSPS) is 10.6. The molecule has 0 saturated heterocycles. The van der Waals surface area contributed by atoms with Gasteiger partial charge in [-0.3, -0.25) is 4.79 Å². The number of methoxy groups -OCH3 is 1. The summed E-state index contributed by atoms with van der Waals surface area (Å²) >= 11 is 5.90. The molecule has 0 aliphatic heterocycles. The third kappa shape index (κ3) is 4.36. The maximum Gasteiger partial charge on any atom is 0.164 e. The largest absolute Gasteiger partial charge is 0.495 e. The van der Waals surface area contributed by atoms with Crippen LogP contribution in [0.5, 0.6) is 5.75 Å². The van der Waals surface area contributed by atoms with Crippen LogP contribution in [0.4, 0.5) is 0 Å². The second kappa shape index (κ2) is 6.62. The highest BCUT2D eigenvalue weighted by Crippen LogP contribution is 2.25. The zero-order chi connectivity index (χ0) is 12.8. The van der Waals surface area contributed by atoms with Crippen molar-refractivity contribution in [1.82, 2.24) is 5.32 Å². The number of ketones is 1. The van der Waals surface area contributed by atoms with Crippen molar-refractivity contribution in [1.29, 1.82) is 0 Å². The third-order valence-corrected chi connectivity index (χ3v) is 2.69. The van der Waals surface area contributed by atoms with E-state index in [1.54, 1.807) is 18.2 Å². The summed E-state index contributed by atoms with van der Waals surface area (Å²) in [4.78, 5) is 11.9. The van der Waals surface area contributed by atoms with E-state index in [9.17, 15) is 4.79 Å². The number of nitrogens with one attached hydrogen (secondary N) is 1. The minimum absolute atomic E-state index is 0.0908. The molecule has 0 spiro atoms. The molecule has 0 atom stereocenters. The highest BCUT2D eigenvalue weighted by molar-refractivity contribution is 6.32. The summed E-state index contributed by atoms with van der Waals surface area (Å²) in [6.45, 7) is 4.78. The molecule has 0 saturated carbocycles. The van der Waals surface area contributed by atoms with Crippen molar-refractivity contribution in [3.63, 3.8) is 0 Å². The predicted molar refractivity (Wildman–Crippen MR) is 70.1 cm³/mol. The third-order valence-electron chi connectivity index (χ3n) is 2.38. The lowest BCUT2D eigenvalue weighted by atomic mass is 10.1. The van der Waals surface area contributed by atoms with Gasteiger partial charge in [-0.15, -0.1) is 0 Å². The molecule has 1 N–H and O–H groups in total. The zero-order valence-electron chi connectivity index (χ0n) is 10.4. The van der Waals surface area contributed by atoms with Crippen LogP contribution in [-0.4, -0.2) is 25.5 Å². The number of carbonyl (C=O) groups excluding carboxylic acids is 1. The number of ether oxygens (including phenoxy) is 1. The van der Waals surface area contributed by atoms with E-state index < -0.39 is 0 Å². The molecule has 3 nitrogen and oxygen atoms in total. The number of rotatable bonds is 6. The van der Waals surface area contributed by atoms with Gasteiger partial charge in [0, 0.05) is 24.6 Å². The van der Waals surface area contributed by atoms with E-state index in [2.05, 4.69) is 19.2 Å². The van der Waals surface area contributed by atoms with Gasteiger partial charge in [0.2, 0.25) is 0 Å². The molecule has 0 aromatic heterocycles. The van der Waals surface area contributed by atoms with Crippen molar-refractivity contribution in [3.8, 4) is 5.75 Å². The van der Waals surface area contributed by atoms with Gasteiger partial charge in [0.05, 0.1) is 12.1 Å². The minimum atomic E-state index is 0.0908. The number of hydrogen-bond donors (Lipinski definition) is 1. The predicted octanol–water partition coefficient (Wildman–Crippen LogP) is 2.92. The summed E-state index contributed by atoms with van der Waals surface area (Å²) in [6.07, 6.45) is 0.475. The highest BCUT2D eigenvalue weighted by Gasteiger charge is 2.09. The number of carbonyl (C=O) groups is 1. The summed E-state index contributed by atoms with van der Waals surface area (Å²) in [5.41, 5.74) is 0.636. The summed E-state index contributed by atoms with van der Waals surface area (Å²) in [6, 6.07) is 5.48. The van der Waals surface area contributed by atoms with Crippen LogP contribution in [0.1, 0.15) is 30.6 Å². The summed E-state index contributed by atoms with van der Waals surface area (Å²) in [7, 11) is 1.54. The quantitative estimate of drug-likeness (QED) is 0.795. The van der Waals surface area contributed by atoms with E-state index in [1.165, 1.54) is 7.11 Å². The molecule has 1 aromatic rings. The molecule has 1 aromatic carbocycles. The first-order valence-electron chi connectivity index (χ1n) is 5.64. The minimum Gasteiger partial charge on any atom is -0.495 e. The fourth-order valence-electron chi connectivity index (χ4n) is 1.45. The molecule has 4 heteroatoms. The fraction of sp³-hybridized carbons (Fsp3) is 0.462. The molecule has 0 radical (unpaired) electrons. The molecule has 0 fully saturated rings. The molecule has 0 unspecified atom stereocenters. The SMILES string of the molecule is COc1cc(C(=O)CCNC(C)C)ccc1Cl. The lowest BCUT2D eigenvalue weighted by Crippen LogP contribution is -2.25. The second-order valence-electron chi connectivity index (χ2n) is 4.13. The Morgan fingerprint density at radius 3 is 2.76 bits per heavy atom. The maximum absolute atomic E-state index is 11.9. The molecule has 0 bridgehead atoms. The van der Waals surface area contributed by atoms with Crippen molar-refractivity contribution in [2.45, 2.75) is 26.3 Å². The van der Waals surface area contributed by atoms with Crippen molar-refractivity contribution in [3.05, 3.63) is 28.8 Å². The fourth-order valence-corrected chi connectivity index (χ4v) is 1.65. The second-order valence-corrected chi connectivity index (χ2v) is 4.54. The van der Waals surface area contributed by atoms with Crippen molar-refractivity contribution in [2.75, 3.05) is 13.7 Å². The number of hydrogen-bond acceptors (Lipinski definition) is 3. The van der Waals surface area contributed by atoms with E-state index in [0.717, 1.165) is 0 Å². The maximum atomic E-state index is 11.9. The first-order chi connectivity index (χ1) is 8.04. The van der Waals surface area contributed by atoms with Crippen LogP contribution >= 0.6 is 11.6 Å². The van der Waals surface area contributed by atoms with Crippen molar-refractivity contribution in [2.24, 2.45) is 0 Å². The van der Waals surface area contributed by atoms with Gasteiger partial charge in [-0.2, -0.15) is 0 Å². The van der Waals surface area contributed by atoms with Gasteiger partial charge in [-0.25, -0.2) is 0 Å². The van der Waals surface area contributed by atoms with Gasteiger partial charge >= 0.3 is 0 Å². The molecule has 0 heterocycles. The van der Waals surface area contributed by atoms with Gasteiger partial charge < -0.3 is 10.1 Å². The van der Waals surface area contributed by atoms with Crippen LogP contribution in [0.2, 0.25) is 5.02 Å². The lowest BCUT2D eigenvalue weighted by Gasteiger charge is -2.08. The molecule has 0 aliphatic carbocycles. The molecule has 0 aliphatic rings. The Kier molecular flexibility index (Phi) is 5.45. The van der Waals surface area contributed by atoms with Crippen molar-refractivity contribution >= 4 is 17.4 Å². The Morgan fingerprint density at radius 1 is 1.47 bits per heavy atom. The first-order valence-corrected chi connectivity index (χ1v) is 6.02. The van der Waals surface area contributed by atoms with Crippen LogP contribution in [0.25, 0.3) is 0 Å². The van der Waals surface area contributed by atoms with Gasteiger partial charge in [0.25, 0.3) is 0 Å². The molecule has 17 heavy (non-hydrogen) atoms. The highest BCUT2D eigenvalue weighted by atomic mass is 35.5. The van der Waals surface area contributed by atoms with Gasteiger partial charge in [0.1, 0.15) is 5.75 Å². The summed E-state index contributed by atoms with van der Waals surface area (Å²) in [5, 5.41) is 3.73. The lowest BCUT2D eigenvalue weighted by molar-refractivity contribution is 0.0981. The number of Topliss-reactive ketones (excluding diaryl/α,β-unsaturated/α-hetero) is 1. The first kappa shape index (κ1) is 14.0. The molecule has 94 valence electrons. The number of benzene rings is 1. The Bertz CT molecular complexity index is 391. The summed E-state index contributed by atoms with van der Waals surface area (Å²) < 4.78 is 5.08. The molecule has 1 rings (SSSR count). The zero-order valence-corrected chi connectivity index (χ0v) is 11.2. The molecular formula is C13H18ClNO2. The van der Waals surface area contributed by atoms with Gasteiger partial charge in [-0.1, -0.05) is 25.4 Å². The van der Waals surface area contributed by atoms with Crippen LogP contribution in [0.15, 0.2) is 18.2 Å². The average molecular weight is 256 g/mol. The summed E-state index contributed by atoms with van der Waals surface area (Å²) in [5.74, 6) is 0.627. The van der Waals surface area contributed by atoms with Crippen LogP contribution < -0.4 is 10.1 Å². The van der Waals surface area contributed by atoms with E-state index in [4.69, 9.17) is 16.3 Å². The van der Waals surface area contributed by atoms with Crippen LogP contribution in [-0.2, 0) is 0 Å². The van der Waals surface area contributed by atoms with Gasteiger partial charge in [-0.05, 0) is 18.2 Å². The number of halogens is 1. The van der Waals surface area contributed by atoms with Gasteiger partial charge in [0.15, 0.2) is 5.78 Å². The monoisotopic (exact) mass is 255 g/mol. The van der Waals surface area contributed by atoms with Crippen molar-refractivity contribution < 1.29 is 9.53 Å². The Balaban J connectivity index is 2.63. The molecular weight excluding hydrogens is 238 g/mol. The van der Waals surface area contributed by atoms with E-state index in [-0.39, 0.29) is 5.78 Å².